The predicted molar refractivity (Wildman–Crippen MR) is 73.7 cm³/mol. The maximum Gasteiger partial charge on any atom is 0.306 e. The molecule has 0 aliphatic carbocycles. The largest absolute Gasteiger partial charge is 0.469 e. The van der Waals surface area contributed by atoms with Gasteiger partial charge in [0.15, 0.2) is 0 Å². The van der Waals surface area contributed by atoms with Gasteiger partial charge in [-0.2, -0.15) is 0 Å². The summed E-state index contributed by atoms with van der Waals surface area (Å²) in [6, 6.07) is 8.09. The highest BCUT2D eigenvalue weighted by Gasteiger charge is 2.10. The van der Waals surface area contributed by atoms with Crippen molar-refractivity contribution < 1.29 is 9.53 Å². The molecule has 0 saturated carbocycles. The summed E-state index contributed by atoms with van der Waals surface area (Å²) in [7, 11) is 1.41. The fourth-order valence-electron chi connectivity index (χ4n) is 1.82. The number of halogens is 1. The number of carbonyl (C=O) groups is 1. The first-order chi connectivity index (χ1) is 8.67. The van der Waals surface area contributed by atoms with Crippen molar-refractivity contribution in [1.82, 2.24) is 5.32 Å². The molecule has 0 fully saturated rings. The summed E-state index contributed by atoms with van der Waals surface area (Å²) >= 11 is 5.88. The number of benzene rings is 1. The van der Waals surface area contributed by atoms with Crippen LogP contribution >= 0.6 is 11.6 Å². The molecule has 0 aromatic heterocycles. The fraction of sp³-hybridized carbons (Fsp3) is 0.500. The highest BCUT2D eigenvalue weighted by Crippen LogP contribution is 2.20. The smallest absolute Gasteiger partial charge is 0.306 e. The molecule has 0 heterocycles. The number of hydrogen-bond acceptors (Lipinski definition) is 3. The second-order valence-corrected chi connectivity index (χ2v) is 4.61. The van der Waals surface area contributed by atoms with Crippen LogP contribution in [0.25, 0.3) is 0 Å². The number of carbonyl (C=O) groups excluding carboxylic acids is 1. The van der Waals surface area contributed by atoms with E-state index in [-0.39, 0.29) is 12.0 Å². The first-order valence-electron chi connectivity index (χ1n) is 6.23. The van der Waals surface area contributed by atoms with Crippen LogP contribution < -0.4 is 5.32 Å². The molecule has 1 rings (SSSR count). The quantitative estimate of drug-likeness (QED) is 0.772. The van der Waals surface area contributed by atoms with Crippen molar-refractivity contribution in [1.29, 1.82) is 0 Å². The summed E-state index contributed by atoms with van der Waals surface area (Å²) in [5.41, 5.74) is 1.20. The summed E-state index contributed by atoms with van der Waals surface area (Å²) in [6.45, 7) is 2.77. The van der Waals surface area contributed by atoms with Crippen molar-refractivity contribution in [3.8, 4) is 0 Å². The predicted octanol–water partition coefficient (Wildman–Crippen LogP) is 3.33. The number of ether oxygens (including phenoxy) is 1. The number of methoxy groups -OCH3 is 1. The molecule has 0 bridgehead atoms. The van der Waals surface area contributed by atoms with Gasteiger partial charge in [-0.05, 0) is 24.1 Å². The maximum atomic E-state index is 11.1. The topological polar surface area (TPSA) is 38.3 Å². The minimum atomic E-state index is -0.186. The average Bonchev–Trinajstić information content (AvgIpc) is 2.38. The number of rotatable bonds is 7. The van der Waals surface area contributed by atoms with E-state index in [4.69, 9.17) is 11.6 Å². The highest BCUT2D eigenvalue weighted by molar-refractivity contribution is 6.30. The summed E-state index contributed by atoms with van der Waals surface area (Å²) < 4.78 is 4.62. The Kier molecular flexibility index (Phi) is 6.76. The van der Waals surface area contributed by atoms with E-state index >= 15 is 0 Å². The van der Waals surface area contributed by atoms with Crippen molar-refractivity contribution in [3.05, 3.63) is 34.9 Å². The van der Waals surface area contributed by atoms with Crippen LogP contribution in [0.1, 0.15) is 37.8 Å². The van der Waals surface area contributed by atoms with Crippen molar-refractivity contribution in [2.45, 2.75) is 32.2 Å². The number of hydrogen-bond donors (Lipinski definition) is 1. The lowest BCUT2D eigenvalue weighted by Gasteiger charge is -2.18. The van der Waals surface area contributed by atoms with Gasteiger partial charge in [0.25, 0.3) is 0 Å². The van der Waals surface area contributed by atoms with Gasteiger partial charge in [0.2, 0.25) is 0 Å². The van der Waals surface area contributed by atoms with E-state index in [0.717, 1.165) is 17.9 Å². The molecule has 4 heteroatoms. The second-order valence-electron chi connectivity index (χ2n) is 4.17. The molecule has 100 valence electrons. The lowest BCUT2D eigenvalue weighted by molar-refractivity contribution is -0.140. The molecule has 0 saturated heterocycles. The van der Waals surface area contributed by atoms with E-state index in [2.05, 4.69) is 17.0 Å². The molecule has 1 aromatic carbocycles. The molecule has 0 spiro atoms. The Balaban J connectivity index is 2.54. The Hall–Kier alpha value is -1.06. The monoisotopic (exact) mass is 269 g/mol. The molecule has 3 nitrogen and oxygen atoms in total. The van der Waals surface area contributed by atoms with Gasteiger partial charge in [-0.15, -0.1) is 0 Å². The van der Waals surface area contributed by atoms with Crippen LogP contribution in [0, 0.1) is 0 Å². The first kappa shape index (κ1) is 15.0. The van der Waals surface area contributed by atoms with E-state index in [1.165, 1.54) is 12.7 Å². The van der Waals surface area contributed by atoms with Gasteiger partial charge in [-0.1, -0.05) is 37.1 Å². The van der Waals surface area contributed by atoms with Crippen molar-refractivity contribution in [2.75, 3.05) is 13.7 Å². The van der Waals surface area contributed by atoms with Crippen LogP contribution in [0.3, 0.4) is 0 Å². The highest BCUT2D eigenvalue weighted by atomic mass is 35.5. The van der Waals surface area contributed by atoms with Crippen LogP contribution in [0.5, 0.6) is 0 Å². The second kappa shape index (κ2) is 8.11. The molecule has 0 aliphatic heterocycles. The van der Waals surface area contributed by atoms with Gasteiger partial charge in [-0.25, -0.2) is 0 Å². The van der Waals surface area contributed by atoms with Crippen molar-refractivity contribution in [2.24, 2.45) is 0 Å². The van der Waals surface area contributed by atoms with E-state index in [1.54, 1.807) is 0 Å². The number of esters is 1. The zero-order valence-electron chi connectivity index (χ0n) is 10.9. The Labute approximate surface area is 113 Å². The van der Waals surface area contributed by atoms with E-state index in [1.807, 2.05) is 24.3 Å². The van der Waals surface area contributed by atoms with Gasteiger partial charge >= 0.3 is 5.97 Å². The molecule has 1 aromatic rings. The summed E-state index contributed by atoms with van der Waals surface area (Å²) in [5.74, 6) is -0.186. The van der Waals surface area contributed by atoms with E-state index < -0.39 is 0 Å². The van der Waals surface area contributed by atoms with Crippen LogP contribution in [-0.2, 0) is 9.53 Å². The molecule has 0 aliphatic rings. The van der Waals surface area contributed by atoms with Gasteiger partial charge < -0.3 is 10.1 Å². The lowest BCUT2D eigenvalue weighted by Crippen LogP contribution is -2.24. The van der Waals surface area contributed by atoms with Gasteiger partial charge in [0, 0.05) is 17.6 Å². The fourth-order valence-corrected chi connectivity index (χ4v) is 1.95. The molecular formula is C14H20ClNO2. The molecule has 18 heavy (non-hydrogen) atoms. The Bertz CT molecular complexity index is 365. The third kappa shape index (κ3) is 5.07. The Morgan fingerprint density at radius 3 is 2.61 bits per heavy atom. The Morgan fingerprint density at radius 1 is 1.39 bits per heavy atom. The first-order valence-corrected chi connectivity index (χ1v) is 6.60. The normalized spacial score (nSPS) is 12.2. The third-order valence-electron chi connectivity index (χ3n) is 2.80. The lowest BCUT2D eigenvalue weighted by atomic mass is 10.0. The zero-order chi connectivity index (χ0) is 13.4. The van der Waals surface area contributed by atoms with Crippen molar-refractivity contribution >= 4 is 17.6 Å². The van der Waals surface area contributed by atoms with Gasteiger partial charge in [0.1, 0.15) is 0 Å². The zero-order valence-corrected chi connectivity index (χ0v) is 11.7. The van der Waals surface area contributed by atoms with Gasteiger partial charge in [-0.3, -0.25) is 4.79 Å². The van der Waals surface area contributed by atoms with Crippen molar-refractivity contribution in [3.63, 3.8) is 0 Å². The van der Waals surface area contributed by atoms with Gasteiger partial charge in [0.05, 0.1) is 13.5 Å². The third-order valence-corrected chi connectivity index (χ3v) is 3.05. The van der Waals surface area contributed by atoms with E-state index in [9.17, 15) is 4.79 Å². The standard InChI is InChI=1S/C14H20ClNO2/c1-3-4-13(16-10-9-14(17)18-2)11-5-7-12(15)8-6-11/h5-8,13,16H,3-4,9-10H2,1-2H3. The van der Waals surface area contributed by atoms with Crippen LogP contribution in [0.2, 0.25) is 5.02 Å². The summed E-state index contributed by atoms with van der Waals surface area (Å²) in [4.78, 5) is 11.1. The van der Waals surface area contributed by atoms with Crippen LogP contribution in [0.4, 0.5) is 0 Å². The van der Waals surface area contributed by atoms with E-state index in [0.29, 0.717) is 13.0 Å². The molecule has 1 N–H and O–H groups in total. The maximum absolute atomic E-state index is 11.1. The minimum Gasteiger partial charge on any atom is -0.469 e. The molecule has 0 radical (unpaired) electrons. The summed E-state index contributed by atoms with van der Waals surface area (Å²) in [6.07, 6.45) is 2.51. The summed E-state index contributed by atoms with van der Waals surface area (Å²) in [5, 5.41) is 4.12. The average molecular weight is 270 g/mol. The van der Waals surface area contributed by atoms with Crippen LogP contribution in [0.15, 0.2) is 24.3 Å². The number of nitrogens with one attached hydrogen (secondary N) is 1. The molecular weight excluding hydrogens is 250 g/mol. The molecule has 1 unspecified atom stereocenters. The minimum absolute atomic E-state index is 0.186. The molecule has 0 amide bonds. The van der Waals surface area contributed by atoms with Crippen LogP contribution in [-0.4, -0.2) is 19.6 Å². The SMILES string of the molecule is CCCC(NCCC(=O)OC)c1ccc(Cl)cc1. The Morgan fingerprint density at radius 2 is 2.06 bits per heavy atom. The molecule has 1 atom stereocenters.